The summed E-state index contributed by atoms with van der Waals surface area (Å²) in [7, 11) is 0. The molecule has 2 aromatic rings. The number of hydrogen-bond donors (Lipinski definition) is 1. The van der Waals surface area contributed by atoms with E-state index in [1.54, 1.807) is 18.2 Å². The predicted molar refractivity (Wildman–Crippen MR) is 77.2 cm³/mol. The summed E-state index contributed by atoms with van der Waals surface area (Å²) in [4.78, 5) is 15.2. The Hall–Kier alpha value is -0.460. The average molecular weight is 424 g/mol. The zero-order chi connectivity index (χ0) is 12.6. The monoisotopic (exact) mass is 421 g/mol. The average Bonchev–Trinajstić information content (AvgIpc) is 2.26. The van der Waals surface area contributed by atoms with Gasteiger partial charge in [0.25, 0.3) is 0 Å². The number of carbonyl (C=O) groups is 1. The van der Waals surface area contributed by atoms with Gasteiger partial charge >= 0.3 is 5.97 Å². The molecule has 0 aliphatic carbocycles. The van der Waals surface area contributed by atoms with E-state index in [0.29, 0.717) is 0 Å². The number of halogens is 3. The van der Waals surface area contributed by atoms with Crippen molar-refractivity contribution in [3.05, 3.63) is 41.6 Å². The highest BCUT2D eigenvalue weighted by Gasteiger charge is 2.22. The van der Waals surface area contributed by atoms with Gasteiger partial charge in [-0.15, -0.1) is 0 Å². The van der Waals surface area contributed by atoms with Gasteiger partial charge in [-0.3, -0.25) is 0 Å². The Balaban J connectivity index is 2.58. The van der Waals surface area contributed by atoms with Crippen LogP contribution in [0.4, 0.5) is 0 Å². The van der Waals surface area contributed by atoms with Crippen LogP contribution < -0.4 is 0 Å². The topological polar surface area (TPSA) is 50.2 Å². The molecule has 0 bridgehead atoms. The lowest BCUT2D eigenvalue weighted by Crippen LogP contribution is -2.02. The van der Waals surface area contributed by atoms with Crippen LogP contribution in [-0.2, 0) is 2.14 Å². The molecule has 3 nitrogen and oxygen atoms in total. The number of pyridine rings is 1. The van der Waals surface area contributed by atoms with Crippen LogP contribution in [0.3, 0.4) is 0 Å². The molecule has 0 saturated carbocycles. The fourth-order valence-corrected chi connectivity index (χ4v) is 2.08. The molecule has 0 atom stereocenters. The van der Waals surface area contributed by atoms with Crippen LogP contribution >= 0.6 is 47.8 Å². The number of hydrogen-bond acceptors (Lipinski definition) is 2. The Kier molecular flexibility index (Phi) is 3.56. The van der Waals surface area contributed by atoms with Gasteiger partial charge in [-0.2, -0.15) is 0 Å². The lowest BCUT2D eigenvalue weighted by molar-refractivity contribution is 0.0697. The van der Waals surface area contributed by atoms with Gasteiger partial charge in [0.1, 0.15) is 0 Å². The number of alkyl halides is 3. The maximum atomic E-state index is 10.8. The highest BCUT2D eigenvalue weighted by Crippen LogP contribution is 2.43. The minimum Gasteiger partial charge on any atom is -0.478 e. The van der Waals surface area contributed by atoms with Gasteiger partial charge < -0.3 is 5.11 Å². The number of nitrogens with zero attached hydrogens (tertiary/aromatic N) is 1. The molecule has 0 saturated heterocycles. The maximum Gasteiger partial charge on any atom is 0.335 e. The van der Waals surface area contributed by atoms with Crippen LogP contribution in [0.5, 0.6) is 0 Å². The molecule has 0 fully saturated rings. The highest BCUT2D eigenvalue weighted by molar-refractivity contribution is 9.38. The summed E-state index contributed by atoms with van der Waals surface area (Å²) in [6.45, 7) is 0. The fraction of sp³-hybridized carbons (Fsp3) is 0.0909. The Labute approximate surface area is 123 Å². The summed E-state index contributed by atoms with van der Waals surface area (Å²) < 4.78 is -0.563. The second-order valence-corrected chi connectivity index (χ2v) is 10.2. The second-order valence-electron chi connectivity index (χ2n) is 3.41. The number of aromatic carboxylic acids is 1. The first-order chi connectivity index (χ1) is 7.88. The third-order valence-corrected chi connectivity index (χ3v) is 3.45. The summed E-state index contributed by atoms with van der Waals surface area (Å²) in [5, 5.41) is 9.68. The van der Waals surface area contributed by atoms with Gasteiger partial charge in [0.05, 0.1) is 16.8 Å². The molecule has 0 unspecified atom stereocenters. The quantitative estimate of drug-likeness (QED) is 0.698. The van der Waals surface area contributed by atoms with Crippen LogP contribution in [0.25, 0.3) is 10.9 Å². The van der Waals surface area contributed by atoms with E-state index in [1.165, 1.54) is 0 Å². The minimum atomic E-state index is -0.938. The molecule has 0 aliphatic heterocycles. The number of carboxylic acids is 1. The van der Waals surface area contributed by atoms with Gasteiger partial charge in [0.15, 0.2) is 2.14 Å². The van der Waals surface area contributed by atoms with Crippen molar-refractivity contribution in [3.63, 3.8) is 0 Å². The van der Waals surface area contributed by atoms with E-state index in [1.807, 2.05) is 12.1 Å². The van der Waals surface area contributed by atoms with Crippen molar-refractivity contribution in [2.24, 2.45) is 0 Å². The van der Waals surface area contributed by atoms with Crippen molar-refractivity contribution in [2.75, 3.05) is 0 Å². The van der Waals surface area contributed by atoms with Crippen molar-refractivity contribution < 1.29 is 9.90 Å². The molecule has 1 aromatic heterocycles. The van der Waals surface area contributed by atoms with Crippen LogP contribution in [0, 0.1) is 0 Å². The van der Waals surface area contributed by atoms with Crippen LogP contribution in [-0.4, -0.2) is 16.1 Å². The van der Waals surface area contributed by atoms with Crippen molar-refractivity contribution in [2.45, 2.75) is 2.14 Å². The highest BCUT2D eigenvalue weighted by atomic mass is 80.0. The molecular formula is C11H6Br3NO2. The Bertz CT molecular complexity index is 593. The predicted octanol–water partition coefficient (Wildman–Crippen LogP) is 4.23. The molecule has 0 amide bonds. The van der Waals surface area contributed by atoms with Crippen molar-refractivity contribution in [3.8, 4) is 0 Å². The molecule has 0 radical (unpaired) electrons. The molecule has 1 N–H and O–H groups in total. The number of carboxylic acid groups (broad SMARTS) is 1. The zero-order valence-corrected chi connectivity index (χ0v) is 13.1. The number of fused-ring (bicyclic) bond motifs is 1. The summed E-state index contributed by atoms with van der Waals surface area (Å²) >= 11 is 10.2. The zero-order valence-electron chi connectivity index (χ0n) is 8.32. The van der Waals surface area contributed by atoms with E-state index in [4.69, 9.17) is 5.11 Å². The number of rotatable bonds is 1. The van der Waals surface area contributed by atoms with Crippen molar-refractivity contribution in [1.82, 2.24) is 4.98 Å². The van der Waals surface area contributed by atoms with E-state index in [2.05, 4.69) is 52.8 Å². The summed E-state index contributed by atoms with van der Waals surface area (Å²) in [5.41, 5.74) is 1.76. The molecule has 17 heavy (non-hydrogen) atoms. The maximum absolute atomic E-state index is 10.8. The van der Waals surface area contributed by atoms with Crippen molar-refractivity contribution >= 4 is 64.7 Å². The first-order valence-electron chi connectivity index (χ1n) is 4.59. The first-order valence-corrected chi connectivity index (χ1v) is 6.97. The fourth-order valence-electron chi connectivity index (χ4n) is 1.42. The first kappa shape index (κ1) is 13.0. The molecule has 2 rings (SSSR count). The molecule has 1 heterocycles. The molecular weight excluding hydrogens is 418 g/mol. The summed E-state index contributed by atoms with van der Waals surface area (Å²) in [6, 6.07) is 8.49. The molecule has 0 spiro atoms. The Morgan fingerprint density at radius 3 is 2.47 bits per heavy atom. The standard InChI is InChI=1S/C11H6Br3NO2/c12-11(13,14)9-4-2-6-5-7(10(16)17)1-3-8(6)15-9/h1-5H,(H,16,17). The summed E-state index contributed by atoms with van der Waals surface area (Å²) in [5.74, 6) is -0.938. The lowest BCUT2D eigenvalue weighted by atomic mass is 10.1. The lowest BCUT2D eigenvalue weighted by Gasteiger charge is -2.12. The van der Waals surface area contributed by atoms with Gasteiger partial charge in [0, 0.05) is 5.39 Å². The van der Waals surface area contributed by atoms with E-state index < -0.39 is 8.11 Å². The minimum absolute atomic E-state index is 0.259. The molecule has 6 heteroatoms. The van der Waals surface area contributed by atoms with E-state index >= 15 is 0 Å². The van der Waals surface area contributed by atoms with Crippen molar-refractivity contribution in [1.29, 1.82) is 0 Å². The van der Waals surface area contributed by atoms with Gasteiger partial charge in [-0.1, -0.05) is 53.9 Å². The normalized spacial score (nSPS) is 11.7. The third-order valence-electron chi connectivity index (χ3n) is 2.23. The van der Waals surface area contributed by atoms with Gasteiger partial charge in [-0.25, -0.2) is 9.78 Å². The van der Waals surface area contributed by atoms with Crippen LogP contribution in [0.2, 0.25) is 0 Å². The van der Waals surface area contributed by atoms with E-state index in [9.17, 15) is 4.79 Å². The molecule has 1 aromatic carbocycles. The Morgan fingerprint density at radius 1 is 1.18 bits per heavy atom. The van der Waals surface area contributed by atoms with E-state index in [0.717, 1.165) is 16.6 Å². The molecule has 0 aliphatic rings. The SMILES string of the molecule is O=C(O)c1ccc2nc(C(Br)(Br)Br)ccc2c1. The third kappa shape index (κ3) is 2.86. The van der Waals surface area contributed by atoms with Gasteiger partial charge in [0.2, 0.25) is 0 Å². The van der Waals surface area contributed by atoms with Crippen LogP contribution in [0.15, 0.2) is 30.3 Å². The Morgan fingerprint density at radius 2 is 1.88 bits per heavy atom. The van der Waals surface area contributed by atoms with Crippen LogP contribution in [0.1, 0.15) is 16.1 Å². The smallest absolute Gasteiger partial charge is 0.335 e. The van der Waals surface area contributed by atoms with Gasteiger partial charge in [-0.05, 0) is 24.3 Å². The largest absolute Gasteiger partial charge is 0.478 e. The molecule has 88 valence electrons. The number of aromatic nitrogens is 1. The number of benzene rings is 1. The summed E-state index contributed by atoms with van der Waals surface area (Å²) in [6.07, 6.45) is 0. The van der Waals surface area contributed by atoms with E-state index in [-0.39, 0.29) is 5.56 Å². The second kappa shape index (κ2) is 4.66.